The van der Waals surface area contributed by atoms with Gasteiger partial charge in [0.2, 0.25) is 10.0 Å². The minimum absolute atomic E-state index is 0.0796. The Morgan fingerprint density at radius 1 is 1.05 bits per heavy atom. The van der Waals surface area contributed by atoms with E-state index in [0.717, 1.165) is 17.0 Å². The molecule has 1 aromatic rings. The van der Waals surface area contributed by atoms with Gasteiger partial charge in [-0.2, -0.15) is 0 Å². The van der Waals surface area contributed by atoms with Crippen LogP contribution in [0.2, 0.25) is 0 Å². The summed E-state index contributed by atoms with van der Waals surface area (Å²) in [4.78, 5) is 50.8. The van der Waals surface area contributed by atoms with E-state index >= 15 is 0 Å². The van der Waals surface area contributed by atoms with Gasteiger partial charge < -0.3 is 64.4 Å². The van der Waals surface area contributed by atoms with Gasteiger partial charge in [0.25, 0.3) is 11.6 Å². The third kappa shape index (κ3) is 13.6. The molecule has 61 heavy (non-hydrogen) atoms. The van der Waals surface area contributed by atoms with Crippen LogP contribution in [-0.2, 0) is 43.2 Å². The molecule has 8 atom stereocenters. The number of hydrogen-bond donors (Lipinski definition) is 7. The Morgan fingerprint density at radius 2 is 1.69 bits per heavy atom. The van der Waals surface area contributed by atoms with Gasteiger partial charge in [-0.05, 0) is 72.9 Å². The number of nitrogens with zero attached hydrogens (tertiary/aromatic N) is 2. The van der Waals surface area contributed by atoms with Gasteiger partial charge in [0.05, 0.1) is 49.9 Å². The van der Waals surface area contributed by atoms with Crippen molar-refractivity contribution < 1.29 is 76.6 Å². The first-order valence-corrected chi connectivity index (χ1v) is 21.3. The van der Waals surface area contributed by atoms with Gasteiger partial charge in [0.1, 0.15) is 41.4 Å². The maximum atomic E-state index is 13.8. The zero-order valence-corrected chi connectivity index (χ0v) is 36.1. The summed E-state index contributed by atoms with van der Waals surface area (Å²) in [7, 11) is -4.40. The second-order valence-corrected chi connectivity index (χ2v) is 18.6. The number of para-hydroxylation sites is 1. The highest BCUT2D eigenvalue weighted by atomic mass is 32.2. The van der Waals surface area contributed by atoms with E-state index in [2.05, 4.69) is 15.4 Å². The fourth-order valence-corrected chi connectivity index (χ4v) is 7.82. The number of sulfonamides is 1. The molecule has 0 spiro atoms. The third-order valence-corrected chi connectivity index (χ3v) is 11.0. The summed E-state index contributed by atoms with van der Waals surface area (Å²) in [5.74, 6) is -0.873. The molecule has 4 rings (SSSR count). The van der Waals surface area contributed by atoms with Crippen molar-refractivity contribution in [3.63, 3.8) is 0 Å². The van der Waals surface area contributed by atoms with Crippen molar-refractivity contribution in [2.75, 3.05) is 32.8 Å². The highest BCUT2D eigenvalue weighted by Crippen LogP contribution is 2.33. The molecular formula is C38H59N5O17S. The van der Waals surface area contributed by atoms with E-state index in [1.165, 1.54) is 12.1 Å². The van der Waals surface area contributed by atoms with Gasteiger partial charge in [-0.25, -0.2) is 22.7 Å². The number of ether oxygens (including phenoxy) is 6. The molecular weight excluding hydrogens is 831 g/mol. The summed E-state index contributed by atoms with van der Waals surface area (Å²) in [6.45, 7) is 9.47. The molecule has 1 aromatic carbocycles. The predicted octanol–water partition coefficient (Wildman–Crippen LogP) is 0.894. The lowest BCUT2D eigenvalue weighted by Gasteiger charge is -2.49. The number of aliphatic hydroxyl groups is 4. The first kappa shape index (κ1) is 49.5. The van der Waals surface area contributed by atoms with E-state index < -0.39 is 136 Å². The van der Waals surface area contributed by atoms with Crippen LogP contribution in [0.1, 0.15) is 74.1 Å². The SMILES string of the molecule is CC[C@@H](O)[C@H](OCCO)O[C@@H]1[C@@H](O)[C@H](O[C@@H]2CCC=C(CNS(=O)(=O)c3ccccc3[N+](=O)[O-])O2)[C@@H](NC(=O)OC(C)(C)C)C[C@H]1NC(=O)C1(O)CN(C(=O)OC(C)(C)C)C1. The van der Waals surface area contributed by atoms with Crippen LogP contribution in [0.15, 0.2) is 41.0 Å². The molecule has 2 fully saturated rings. The van der Waals surface area contributed by atoms with Crippen molar-refractivity contribution >= 4 is 33.8 Å². The molecule has 1 saturated carbocycles. The number of amides is 3. The number of nitrogens with one attached hydrogen (secondary N) is 3. The summed E-state index contributed by atoms with van der Waals surface area (Å²) in [6.07, 6.45) is -8.38. The Balaban J connectivity index is 1.60. The smallest absolute Gasteiger partial charge is 0.410 e. The van der Waals surface area contributed by atoms with Crippen molar-refractivity contribution in [1.29, 1.82) is 0 Å². The monoisotopic (exact) mass is 889 g/mol. The molecule has 22 nitrogen and oxygen atoms in total. The molecule has 0 aromatic heterocycles. The average Bonchev–Trinajstić information content (AvgIpc) is 3.15. The van der Waals surface area contributed by atoms with Crippen molar-refractivity contribution in [3.05, 3.63) is 46.2 Å². The zero-order valence-electron chi connectivity index (χ0n) is 35.3. The highest BCUT2D eigenvalue weighted by molar-refractivity contribution is 7.89. The molecule has 3 aliphatic rings. The Kier molecular flexibility index (Phi) is 16.5. The molecule has 0 radical (unpaired) electrons. The molecule has 2 heterocycles. The zero-order chi connectivity index (χ0) is 45.5. The lowest BCUT2D eigenvalue weighted by molar-refractivity contribution is -0.387. The first-order chi connectivity index (χ1) is 28.4. The summed E-state index contributed by atoms with van der Waals surface area (Å²) >= 11 is 0. The Bertz CT molecular complexity index is 1850. The number of likely N-dealkylation sites (tertiary alicyclic amines) is 1. The number of alkyl carbamates (subject to hydrolysis) is 1. The second-order valence-electron chi connectivity index (χ2n) is 16.9. The van der Waals surface area contributed by atoms with Crippen LogP contribution in [0.3, 0.4) is 0 Å². The summed E-state index contributed by atoms with van der Waals surface area (Å²) in [6, 6.07) is 2.39. The number of carbonyl (C=O) groups is 3. The Morgan fingerprint density at radius 3 is 2.30 bits per heavy atom. The lowest BCUT2D eigenvalue weighted by Crippen LogP contribution is -2.73. The number of aliphatic hydroxyl groups excluding tert-OH is 3. The van der Waals surface area contributed by atoms with Crippen molar-refractivity contribution in [2.45, 2.75) is 145 Å². The van der Waals surface area contributed by atoms with E-state index in [1.807, 2.05) is 0 Å². The molecule has 1 saturated heterocycles. The normalized spacial score (nSPS) is 25.2. The van der Waals surface area contributed by atoms with Crippen molar-refractivity contribution in [3.8, 4) is 0 Å². The molecule has 1 aliphatic carbocycles. The van der Waals surface area contributed by atoms with Gasteiger partial charge in [-0.15, -0.1) is 0 Å². The molecule has 23 heteroatoms. The maximum absolute atomic E-state index is 13.8. The number of allylic oxidation sites excluding steroid dienone is 1. The second kappa shape index (κ2) is 20.3. The van der Waals surface area contributed by atoms with E-state index in [9.17, 15) is 53.3 Å². The molecule has 0 bridgehead atoms. The molecule has 7 N–H and O–H groups in total. The van der Waals surface area contributed by atoms with Crippen LogP contribution >= 0.6 is 0 Å². The number of nitro groups is 1. The van der Waals surface area contributed by atoms with Crippen molar-refractivity contribution in [2.24, 2.45) is 0 Å². The minimum Gasteiger partial charge on any atom is -0.468 e. The van der Waals surface area contributed by atoms with Crippen LogP contribution in [0.4, 0.5) is 15.3 Å². The highest BCUT2D eigenvalue weighted by Gasteiger charge is 2.54. The minimum atomic E-state index is -4.40. The maximum Gasteiger partial charge on any atom is 0.410 e. The largest absolute Gasteiger partial charge is 0.468 e. The van der Waals surface area contributed by atoms with Gasteiger partial charge in [-0.1, -0.05) is 19.1 Å². The fraction of sp³-hybridized carbons (Fsp3) is 0.711. The van der Waals surface area contributed by atoms with E-state index in [4.69, 9.17) is 28.4 Å². The molecule has 344 valence electrons. The Hall–Kier alpha value is -4.20. The number of nitro benzene ring substituents is 1. The number of carbonyl (C=O) groups excluding carboxylic acids is 3. The van der Waals surface area contributed by atoms with Crippen LogP contribution in [0.5, 0.6) is 0 Å². The molecule has 3 amide bonds. The third-order valence-electron chi connectivity index (χ3n) is 9.52. The number of benzene rings is 1. The summed E-state index contributed by atoms with van der Waals surface area (Å²) < 4.78 is 63.3. The van der Waals surface area contributed by atoms with Gasteiger partial charge in [-0.3, -0.25) is 14.9 Å². The lowest BCUT2D eigenvalue weighted by atomic mass is 9.82. The molecule has 2 aliphatic heterocycles. The van der Waals surface area contributed by atoms with Crippen LogP contribution < -0.4 is 15.4 Å². The van der Waals surface area contributed by atoms with Gasteiger partial charge in [0.15, 0.2) is 23.1 Å². The summed E-state index contributed by atoms with van der Waals surface area (Å²) in [5, 5.41) is 60.5. The van der Waals surface area contributed by atoms with Crippen LogP contribution in [0.25, 0.3) is 0 Å². The molecule has 0 unspecified atom stereocenters. The first-order valence-electron chi connectivity index (χ1n) is 19.9. The van der Waals surface area contributed by atoms with E-state index in [1.54, 1.807) is 54.5 Å². The van der Waals surface area contributed by atoms with E-state index in [-0.39, 0.29) is 38.0 Å². The average molecular weight is 890 g/mol. The van der Waals surface area contributed by atoms with E-state index in [0.29, 0.717) is 0 Å². The summed E-state index contributed by atoms with van der Waals surface area (Å²) in [5.41, 5.74) is -4.52. The van der Waals surface area contributed by atoms with Crippen LogP contribution in [-0.4, -0.2) is 155 Å². The standard InChI is InChI=1S/C38H59N5O17S/c1-8-26(45)32(55-17-16-44)58-31-23(40-33(47)38(50)20-42(21-38)35(49)60-37(5,6)7)18-24(41-34(48)59-36(2,3)4)30(29(31)46)57-28-15-11-12-22(56-28)19-39-61(53,54)27-14-10-9-13-25(27)43(51)52/h9-10,12-14,23-24,26,28-32,39,44-46,50H,8,11,15-21H2,1-7H3,(H,40,47)(H,41,48)/t23-,24+,26-,28-,29+,30-,31+,32-/m1/s1. The predicted molar refractivity (Wildman–Crippen MR) is 212 cm³/mol. The number of rotatable bonds is 17. The van der Waals surface area contributed by atoms with Crippen LogP contribution in [0, 0.1) is 10.1 Å². The Labute approximate surface area is 354 Å². The van der Waals surface area contributed by atoms with Gasteiger partial charge in [0, 0.05) is 12.5 Å². The van der Waals surface area contributed by atoms with Gasteiger partial charge >= 0.3 is 12.2 Å². The number of β-amino-alcohol motifs (C(OH)–C–C–N with tert-alkyl or cyclic N) is 1. The quantitative estimate of drug-likeness (QED) is 0.0649. The number of hydrogen-bond acceptors (Lipinski definition) is 17. The fourth-order valence-electron chi connectivity index (χ4n) is 6.66. The topological polar surface area (TPSA) is 304 Å². The van der Waals surface area contributed by atoms with Crippen molar-refractivity contribution in [1.82, 2.24) is 20.3 Å².